The molecule has 0 bridgehead atoms. The topological polar surface area (TPSA) is 70.2 Å². The highest BCUT2D eigenvalue weighted by molar-refractivity contribution is 6.30. The third kappa shape index (κ3) is 2.82. The molecule has 0 aliphatic carbocycles. The molecule has 0 N–H and O–H groups in total. The predicted molar refractivity (Wildman–Crippen MR) is 89.3 cm³/mol. The lowest BCUT2D eigenvalue weighted by molar-refractivity contribution is -0.162. The lowest BCUT2D eigenvalue weighted by Gasteiger charge is -2.47. The summed E-state index contributed by atoms with van der Waals surface area (Å²) in [5.41, 5.74) is 0. The Labute approximate surface area is 150 Å². The Kier molecular flexibility index (Phi) is 4.03. The van der Waals surface area contributed by atoms with E-state index in [0.29, 0.717) is 30.4 Å². The standard InChI is InChI=1S/C17H18ClN3O4/c18-11-3-5-12(6-4-11)25-17(24)19-8-9-21-14(10-19)16(23)20-7-1-2-13(20)15(21)22/h3-6,13-14H,1-2,7-10H2/t13-,14-/m1/s1. The van der Waals surface area contributed by atoms with Crippen molar-refractivity contribution in [2.24, 2.45) is 0 Å². The van der Waals surface area contributed by atoms with Gasteiger partial charge >= 0.3 is 6.09 Å². The van der Waals surface area contributed by atoms with Gasteiger partial charge in [0.15, 0.2) is 0 Å². The molecule has 3 heterocycles. The number of halogens is 1. The molecule has 3 aliphatic heterocycles. The summed E-state index contributed by atoms with van der Waals surface area (Å²) in [4.78, 5) is 42.4. The first-order valence-electron chi connectivity index (χ1n) is 8.38. The highest BCUT2D eigenvalue weighted by Gasteiger charge is 2.50. The Morgan fingerprint density at radius 1 is 1.00 bits per heavy atom. The first-order chi connectivity index (χ1) is 12.0. The number of nitrogens with zero attached hydrogens (tertiary/aromatic N) is 3. The molecule has 0 radical (unpaired) electrons. The molecule has 3 aliphatic rings. The van der Waals surface area contributed by atoms with E-state index >= 15 is 0 Å². The fourth-order valence-corrected chi connectivity index (χ4v) is 3.89. The lowest BCUT2D eigenvalue weighted by atomic mass is 10.0. The maximum Gasteiger partial charge on any atom is 0.415 e. The van der Waals surface area contributed by atoms with E-state index in [-0.39, 0.29) is 24.4 Å². The van der Waals surface area contributed by atoms with Crippen LogP contribution >= 0.6 is 11.6 Å². The van der Waals surface area contributed by atoms with E-state index in [0.717, 1.165) is 12.8 Å². The van der Waals surface area contributed by atoms with Crippen molar-refractivity contribution >= 4 is 29.5 Å². The maximum atomic E-state index is 12.7. The zero-order valence-corrected chi connectivity index (χ0v) is 14.3. The molecule has 0 spiro atoms. The Bertz CT molecular complexity index is 723. The van der Waals surface area contributed by atoms with Crippen LogP contribution < -0.4 is 4.74 Å². The summed E-state index contributed by atoms with van der Waals surface area (Å²) in [6.07, 6.45) is 1.06. The Balaban J connectivity index is 1.46. The number of carbonyl (C=O) groups is 3. The SMILES string of the molecule is O=C(Oc1ccc(Cl)cc1)N1CCN2C(=O)[C@H]3CCCN3C(=O)[C@H]2C1. The van der Waals surface area contributed by atoms with Gasteiger partial charge in [-0.1, -0.05) is 11.6 Å². The van der Waals surface area contributed by atoms with E-state index in [1.165, 1.54) is 4.90 Å². The van der Waals surface area contributed by atoms with Gasteiger partial charge in [0.2, 0.25) is 11.8 Å². The number of rotatable bonds is 1. The lowest BCUT2D eigenvalue weighted by Crippen LogP contribution is -2.69. The second kappa shape index (κ2) is 6.22. The quantitative estimate of drug-likeness (QED) is 0.755. The molecule has 0 aromatic heterocycles. The van der Waals surface area contributed by atoms with Gasteiger partial charge < -0.3 is 19.4 Å². The van der Waals surface area contributed by atoms with Crippen LogP contribution in [0.1, 0.15) is 12.8 Å². The van der Waals surface area contributed by atoms with Gasteiger partial charge in [-0.3, -0.25) is 9.59 Å². The van der Waals surface area contributed by atoms with Crippen LogP contribution in [0.5, 0.6) is 5.75 Å². The van der Waals surface area contributed by atoms with Crippen molar-refractivity contribution in [1.29, 1.82) is 0 Å². The van der Waals surface area contributed by atoms with Crippen LogP contribution in [0.4, 0.5) is 4.79 Å². The fourth-order valence-electron chi connectivity index (χ4n) is 3.76. The summed E-state index contributed by atoms with van der Waals surface area (Å²) in [6, 6.07) is 5.59. The Morgan fingerprint density at radius 2 is 1.68 bits per heavy atom. The number of piperazine rings is 2. The van der Waals surface area contributed by atoms with Crippen LogP contribution in [0.2, 0.25) is 5.02 Å². The Morgan fingerprint density at radius 3 is 2.44 bits per heavy atom. The van der Waals surface area contributed by atoms with Crippen molar-refractivity contribution in [3.05, 3.63) is 29.3 Å². The van der Waals surface area contributed by atoms with Crippen molar-refractivity contribution < 1.29 is 19.1 Å². The smallest absolute Gasteiger partial charge is 0.410 e. The van der Waals surface area contributed by atoms with E-state index in [4.69, 9.17) is 16.3 Å². The van der Waals surface area contributed by atoms with Gasteiger partial charge in [-0.15, -0.1) is 0 Å². The van der Waals surface area contributed by atoms with Gasteiger partial charge in [0.1, 0.15) is 17.8 Å². The molecule has 3 fully saturated rings. The molecule has 7 nitrogen and oxygen atoms in total. The van der Waals surface area contributed by atoms with Gasteiger partial charge in [0, 0.05) is 24.7 Å². The largest absolute Gasteiger partial charge is 0.415 e. The van der Waals surface area contributed by atoms with Crippen molar-refractivity contribution in [2.45, 2.75) is 24.9 Å². The van der Waals surface area contributed by atoms with E-state index in [1.54, 1.807) is 34.1 Å². The molecule has 25 heavy (non-hydrogen) atoms. The van der Waals surface area contributed by atoms with E-state index in [2.05, 4.69) is 0 Å². The average Bonchev–Trinajstić information content (AvgIpc) is 3.11. The third-order valence-electron chi connectivity index (χ3n) is 5.05. The summed E-state index contributed by atoms with van der Waals surface area (Å²) in [5.74, 6) is 0.335. The number of hydrogen-bond acceptors (Lipinski definition) is 4. The van der Waals surface area contributed by atoms with Crippen molar-refractivity contribution in [2.75, 3.05) is 26.2 Å². The third-order valence-corrected chi connectivity index (χ3v) is 5.30. The number of ether oxygens (including phenoxy) is 1. The predicted octanol–water partition coefficient (Wildman–Crippen LogP) is 1.36. The summed E-state index contributed by atoms with van der Waals surface area (Å²) >= 11 is 5.82. The van der Waals surface area contributed by atoms with Crippen LogP contribution in [0.15, 0.2) is 24.3 Å². The number of fused-ring (bicyclic) bond motifs is 2. The number of benzene rings is 1. The van der Waals surface area contributed by atoms with Crippen LogP contribution in [-0.4, -0.2) is 70.9 Å². The molecule has 1 aromatic carbocycles. The maximum absolute atomic E-state index is 12.7. The zero-order chi connectivity index (χ0) is 17.6. The van der Waals surface area contributed by atoms with Gasteiger partial charge in [0.05, 0.1) is 6.54 Å². The van der Waals surface area contributed by atoms with Crippen LogP contribution in [-0.2, 0) is 9.59 Å². The Hall–Kier alpha value is -2.28. The molecule has 2 atom stereocenters. The minimum atomic E-state index is -0.603. The molecule has 1 aromatic rings. The highest BCUT2D eigenvalue weighted by atomic mass is 35.5. The number of hydrogen-bond donors (Lipinski definition) is 0. The zero-order valence-electron chi connectivity index (χ0n) is 13.6. The molecular formula is C17H18ClN3O4. The molecule has 3 saturated heterocycles. The van der Waals surface area contributed by atoms with Crippen molar-refractivity contribution in [3.8, 4) is 5.75 Å². The van der Waals surface area contributed by atoms with Gasteiger partial charge in [-0.2, -0.15) is 0 Å². The summed E-state index contributed by atoms with van der Waals surface area (Å²) < 4.78 is 5.34. The van der Waals surface area contributed by atoms with Gasteiger partial charge in [0.25, 0.3) is 0 Å². The second-order valence-corrected chi connectivity index (χ2v) is 6.94. The second-order valence-electron chi connectivity index (χ2n) is 6.50. The molecule has 0 saturated carbocycles. The monoisotopic (exact) mass is 363 g/mol. The minimum Gasteiger partial charge on any atom is -0.410 e. The number of amides is 3. The van der Waals surface area contributed by atoms with Gasteiger partial charge in [-0.05, 0) is 37.1 Å². The minimum absolute atomic E-state index is 0.00724. The van der Waals surface area contributed by atoms with Crippen molar-refractivity contribution in [1.82, 2.24) is 14.7 Å². The summed E-state index contributed by atoms with van der Waals surface area (Å²) in [7, 11) is 0. The highest BCUT2D eigenvalue weighted by Crippen LogP contribution is 2.29. The van der Waals surface area contributed by atoms with E-state index in [1.807, 2.05) is 0 Å². The molecule has 8 heteroatoms. The fraction of sp³-hybridized carbons (Fsp3) is 0.471. The normalized spacial score (nSPS) is 25.7. The first kappa shape index (κ1) is 16.2. The number of carbonyl (C=O) groups excluding carboxylic acids is 3. The van der Waals surface area contributed by atoms with E-state index in [9.17, 15) is 14.4 Å². The van der Waals surface area contributed by atoms with Crippen LogP contribution in [0, 0.1) is 0 Å². The van der Waals surface area contributed by atoms with Gasteiger partial charge in [-0.25, -0.2) is 4.79 Å². The average molecular weight is 364 g/mol. The molecule has 4 rings (SSSR count). The van der Waals surface area contributed by atoms with Crippen molar-refractivity contribution in [3.63, 3.8) is 0 Å². The van der Waals surface area contributed by atoms with Crippen LogP contribution in [0.25, 0.3) is 0 Å². The molecule has 132 valence electrons. The van der Waals surface area contributed by atoms with Crippen LogP contribution in [0.3, 0.4) is 0 Å². The molecular weight excluding hydrogens is 346 g/mol. The summed E-state index contributed by atoms with van der Waals surface area (Å²) in [5, 5.41) is 0.555. The molecule has 0 unspecified atom stereocenters. The summed E-state index contributed by atoms with van der Waals surface area (Å²) in [6.45, 7) is 1.50. The van der Waals surface area contributed by atoms with E-state index < -0.39 is 12.1 Å². The first-order valence-corrected chi connectivity index (χ1v) is 8.75. The molecule has 3 amide bonds.